The smallest absolute Gasteiger partial charge is 0.180 e. The lowest BCUT2D eigenvalue weighted by Gasteiger charge is -2.08. The maximum absolute atomic E-state index is 12.3. The van der Waals surface area contributed by atoms with Gasteiger partial charge in [0.05, 0.1) is 11.3 Å². The normalized spacial score (nSPS) is 11.2. The molecular weight excluding hydrogens is 258 g/mol. The van der Waals surface area contributed by atoms with E-state index in [1.165, 1.54) is 17.7 Å². The highest BCUT2D eigenvalue weighted by molar-refractivity contribution is 7.12. The number of Topliss-reactive ketones (excluding diaryl/α,β-unsaturated/α-hetero) is 1. The van der Waals surface area contributed by atoms with E-state index in [1.807, 2.05) is 16.1 Å². The zero-order valence-electron chi connectivity index (χ0n) is 11.6. The molecule has 0 aliphatic rings. The molecule has 4 nitrogen and oxygen atoms in total. The molecule has 2 heterocycles. The van der Waals surface area contributed by atoms with Crippen LogP contribution in [-0.4, -0.2) is 20.5 Å². The van der Waals surface area contributed by atoms with Gasteiger partial charge in [0.1, 0.15) is 12.2 Å². The Morgan fingerprint density at radius 3 is 2.95 bits per heavy atom. The number of aromatic nitrogens is 3. The van der Waals surface area contributed by atoms with Crippen molar-refractivity contribution in [1.29, 1.82) is 0 Å². The van der Waals surface area contributed by atoms with Crippen LogP contribution in [0.5, 0.6) is 0 Å². The second kappa shape index (κ2) is 6.10. The molecule has 2 rings (SSSR count). The first kappa shape index (κ1) is 13.9. The molecule has 0 radical (unpaired) electrons. The van der Waals surface area contributed by atoms with E-state index in [1.54, 1.807) is 0 Å². The SMILES string of the molecule is CCc1ccsc1C(=O)Cc1ncnn1CC(C)C. The van der Waals surface area contributed by atoms with Crippen LogP contribution < -0.4 is 0 Å². The van der Waals surface area contributed by atoms with Crippen molar-refractivity contribution in [1.82, 2.24) is 14.8 Å². The summed E-state index contributed by atoms with van der Waals surface area (Å²) in [6.45, 7) is 7.12. The quantitative estimate of drug-likeness (QED) is 0.763. The fraction of sp³-hybridized carbons (Fsp3) is 0.500. The molecule has 2 aromatic heterocycles. The minimum Gasteiger partial charge on any atom is -0.293 e. The first-order valence-corrected chi connectivity index (χ1v) is 7.46. The Kier molecular flexibility index (Phi) is 4.47. The Morgan fingerprint density at radius 2 is 2.26 bits per heavy atom. The van der Waals surface area contributed by atoms with Crippen molar-refractivity contribution in [3.05, 3.63) is 34.0 Å². The summed E-state index contributed by atoms with van der Waals surface area (Å²) >= 11 is 1.52. The van der Waals surface area contributed by atoms with Gasteiger partial charge in [0, 0.05) is 6.54 Å². The predicted octanol–water partition coefficient (Wildman–Crippen LogP) is 2.98. The average Bonchev–Trinajstić information content (AvgIpc) is 2.97. The number of ketones is 1. The summed E-state index contributed by atoms with van der Waals surface area (Å²) in [5, 5.41) is 6.17. The van der Waals surface area contributed by atoms with Gasteiger partial charge in [0.25, 0.3) is 0 Å². The van der Waals surface area contributed by atoms with Crippen LogP contribution in [0.1, 0.15) is 41.8 Å². The molecule has 0 saturated heterocycles. The second-order valence-electron chi connectivity index (χ2n) is 4.98. The van der Waals surface area contributed by atoms with Crippen LogP contribution in [-0.2, 0) is 19.4 Å². The van der Waals surface area contributed by atoms with Crippen molar-refractivity contribution >= 4 is 17.1 Å². The van der Waals surface area contributed by atoms with Crippen molar-refractivity contribution in [2.24, 2.45) is 5.92 Å². The van der Waals surface area contributed by atoms with Crippen LogP contribution in [0.25, 0.3) is 0 Å². The van der Waals surface area contributed by atoms with E-state index in [4.69, 9.17) is 0 Å². The van der Waals surface area contributed by atoms with E-state index < -0.39 is 0 Å². The van der Waals surface area contributed by atoms with Gasteiger partial charge in [0.2, 0.25) is 0 Å². The van der Waals surface area contributed by atoms with Crippen LogP contribution in [0.15, 0.2) is 17.8 Å². The molecule has 0 atom stereocenters. The van der Waals surface area contributed by atoms with Crippen molar-refractivity contribution < 1.29 is 4.79 Å². The number of rotatable bonds is 6. The second-order valence-corrected chi connectivity index (χ2v) is 5.90. The lowest BCUT2D eigenvalue weighted by Crippen LogP contribution is -2.14. The summed E-state index contributed by atoms with van der Waals surface area (Å²) in [7, 11) is 0. The van der Waals surface area contributed by atoms with Crippen molar-refractivity contribution in [3.8, 4) is 0 Å². The van der Waals surface area contributed by atoms with Crippen LogP contribution in [0.4, 0.5) is 0 Å². The summed E-state index contributed by atoms with van der Waals surface area (Å²) in [5.74, 6) is 1.39. The minimum absolute atomic E-state index is 0.143. The highest BCUT2D eigenvalue weighted by Crippen LogP contribution is 2.19. The Morgan fingerprint density at radius 1 is 1.47 bits per heavy atom. The van der Waals surface area contributed by atoms with E-state index in [0.29, 0.717) is 12.3 Å². The molecule has 0 unspecified atom stereocenters. The number of hydrogen-bond donors (Lipinski definition) is 0. The molecule has 102 valence electrons. The standard InChI is InChI=1S/C14H19N3OS/c1-4-11-5-6-19-14(11)12(18)7-13-15-9-16-17(13)8-10(2)3/h5-6,9-10H,4,7-8H2,1-3H3. The molecule has 0 spiro atoms. The molecule has 0 fully saturated rings. The van der Waals surface area contributed by atoms with Gasteiger partial charge in [-0.25, -0.2) is 9.67 Å². The molecule has 0 N–H and O–H groups in total. The van der Waals surface area contributed by atoms with E-state index in [0.717, 1.165) is 29.2 Å². The first-order valence-electron chi connectivity index (χ1n) is 6.58. The summed E-state index contributed by atoms with van der Waals surface area (Å²) in [6, 6.07) is 2.02. The zero-order valence-corrected chi connectivity index (χ0v) is 12.4. The number of hydrogen-bond acceptors (Lipinski definition) is 4. The lowest BCUT2D eigenvalue weighted by atomic mass is 10.1. The summed E-state index contributed by atoms with van der Waals surface area (Å²) in [4.78, 5) is 17.4. The highest BCUT2D eigenvalue weighted by Gasteiger charge is 2.16. The number of nitrogens with zero attached hydrogens (tertiary/aromatic N) is 3. The molecule has 0 aromatic carbocycles. The van der Waals surface area contributed by atoms with Gasteiger partial charge in [-0.2, -0.15) is 5.10 Å². The molecule has 0 aliphatic heterocycles. The van der Waals surface area contributed by atoms with Crippen LogP contribution >= 0.6 is 11.3 Å². The summed E-state index contributed by atoms with van der Waals surface area (Å²) in [5.41, 5.74) is 1.13. The van der Waals surface area contributed by atoms with Gasteiger partial charge in [-0.3, -0.25) is 4.79 Å². The third-order valence-corrected chi connectivity index (χ3v) is 3.93. The van der Waals surface area contributed by atoms with Gasteiger partial charge in [-0.05, 0) is 29.3 Å². The Balaban J connectivity index is 2.13. The maximum atomic E-state index is 12.3. The topological polar surface area (TPSA) is 47.8 Å². The van der Waals surface area contributed by atoms with Gasteiger partial charge in [-0.1, -0.05) is 20.8 Å². The molecule has 0 saturated carbocycles. The highest BCUT2D eigenvalue weighted by atomic mass is 32.1. The lowest BCUT2D eigenvalue weighted by molar-refractivity contribution is 0.0992. The third kappa shape index (κ3) is 3.29. The zero-order chi connectivity index (χ0) is 13.8. The molecule has 19 heavy (non-hydrogen) atoms. The van der Waals surface area contributed by atoms with Crippen LogP contribution in [0, 0.1) is 5.92 Å². The third-order valence-electron chi connectivity index (χ3n) is 2.93. The van der Waals surface area contributed by atoms with Crippen molar-refractivity contribution in [3.63, 3.8) is 0 Å². The minimum atomic E-state index is 0.143. The predicted molar refractivity (Wildman–Crippen MR) is 76.6 cm³/mol. The van der Waals surface area contributed by atoms with Gasteiger partial charge in [0.15, 0.2) is 5.78 Å². The Labute approximate surface area is 117 Å². The number of carbonyl (C=O) groups is 1. The molecular formula is C14H19N3OS. The van der Waals surface area contributed by atoms with Gasteiger partial charge >= 0.3 is 0 Å². The van der Waals surface area contributed by atoms with E-state index >= 15 is 0 Å². The molecule has 5 heteroatoms. The van der Waals surface area contributed by atoms with Crippen molar-refractivity contribution in [2.45, 2.75) is 40.2 Å². The average molecular weight is 277 g/mol. The maximum Gasteiger partial charge on any atom is 0.180 e. The van der Waals surface area contributed by atoms with Crippen LogP contribution in [0.3, 0.4) is 0 Å². The first-order chi connectivity index (χ1) is 9.11. The van der Waals surface area contributed by atoms with E-state index in [-0.39, 0.29) is 5.78 Å². The molecule has 2 aromatic rings. The largest absolute Gasteiger partial charge is 0.293 e. The number of thiophene rings is 1. The monoisotopic (exact) mass is 277 g/mol. The molecule has 0 amide bonds. The van der Waals surface area contributed by atoms with Gasteiger partial charge in [-0.15, -0.1) is 11.3 Å². The molecule has 0 aliphatic carbocycles. The fourth-order valence-corrected chi connectivity index (χ4v) is 2.94. The summed E-state index contributed by atoms with van der Waals surface area (Å²) < 4.78 is 1.84. The summed E-state index contributed by atoms with van der Waals surface area (Å²) in [6.07, 6.45) is 2.75. The molecule has 0 bridgehead atoms. The fourth-order valence-electron chi connectivity index (χ4n) is 2.01. The number of carbonyl (C=O) groups excluding carboxylic acids is 1. The van der Waals surface area contributed by atoms with Crippen LogP contribution in [0.2, 0.25) is 0 Å². The Bertz CT molecular complexity index is 557. The van der Waals surface area contributed by atoms with Crippen molar-refractivity contribution in [2.75, 3.05) is 0 Å². The Hall–Kier alpha value is -1.49. The number of aryl methyl sites for hydroxylation is 1. The van der Waals surface area contributed by atoms with E-state index in [2.05, 4.69) is 30.9 Å². The van der Waals surface area contributed by atoms with Gasteiger partial charge < -0.3 is 0 Å². The van der Waals surface area contributed by atoms with E-state index in [9.17, 15) is 4.79 Å².